The summed E-state index contributed by atoms with van der Waals surface area (Å²) in [6, 6.07) is 1.16. The smallest absolute Gasteiger partial charge is 0.230 e. The van der Waals surface area contributed by atoms with Gasteiger partial charge in [-0.25, -0.2) is 0 Å². The average molecular weight is 168 g/mol. The van der Waals surface area contributed by atoms with Gasteiger partial charge in [0.05, 0.1) is 6.10 Å². The minimum Gasteiger partial charge on any atom is -0.408 e. The maximum atomic E-state index is 5.43. The van der Waals surface area contributed by atoms with Crippen molar-refractivity contribution in [2.75, 3.05) is 0 Å². The second kappa shape index (κ2) is 7.76. The molecule has 2 heteroatoms. The fraction of sp³-hybridized carbons (Fsp3) is 0.556. The molecular formula is C9H16OSi. The Hall–Kier alpha value is -0.343. The van der Waals surface area contributed by atoms with Crippen LogP contribution in [0.2, 0.25) is 6.04 Å². The zero-order valence-electron chi connectivity index (χ0n) is 7.18. The molecule has 62 valence electrons. The van der Waals surface area contributed by atoms with Crippen molar-refractivity contribution in [2.24, 2.45) is 0 Å². The summed E-state index contributed by atoms with van der Waals surface area (Å²) >= 11 is 0. The molecule has 0 aliphatic heterocycles. The Bertz CT molecular complexity index is 104. The van der Waals surface area contributed by atoms with Crippen LogP contribution in [0.5, 0.6) is 0 Å². The van der Waals surface area contributed by atoms with Crippen LogP contribution in [0.1, 0.15) is 19.8 Å². The van der Waals surface area contributed by atoms with E-state index in [1.54, 1.807) is 12.2 Å². The predicted molar refractivity (Wildman–Crippen MR) is 50.7 cm³/mol. The molecule has 1 nitrogen and oxygen atoms in total. The number of rotatable bonds is 7. The molecule has 0 atom stereocenters. The average Bonchev–Trinajstić information content (AvgIpc) is 2.05. The van der Waals surface area contributed by atoms with Gasteiger partial charge in [-0.05, 0) is 6.04 Å². The van der Waals surface area contributed by atoms with Crippen LogP contribution in [0, 0.1) is 0 Å². The number of unbranched alkanes of at least 4 members (excludes halogenated alkanes) is 1. The highest BCUT2D eigenvalue weighted by Crippen LogP contribution is 1.98. The molecule has 0 aromatic heterocycles. The molecule has 0 N–H and O–H groups in total. The quantitative estimate of drug-likeness (QED) is 0.322. The molecule has 0 spiro atoms. The van der Waals surface area contributed by atoms with E-state index in [1.807, 2.05) is 0 Å². The van der Waals surface area contributed by atoms with Crippen molar-refractivity contribution in [1.82, 2.24) is 0 Å². The van der Waals surface area contributed by atoms with E-state index in [1.165, 1.54) is 12.8 Å². The predicted octanol–water partition coefficient (Wildman–Crippen LogP) is 2.58. The minimum atomic E-state index is 0.0465. The van der Waals surface area contributed by atoms with Crippen LogP contribution >= 0.6 is 0 Å². The third kappa shape index (κ3) is 6.07. The summed E-state index contributed by atoms with van der Waals surface area (Å²) in [4.78, 5) is 0. The molecule has 0 aliphatic carbocycles. The van der Waals surface area contributed by atoms with Gasteiger partial charge in [-0.2, -0.15) is 0 Å². The lowest BCUT2D eigenvalue weighted by Crippen LogP contribution is -2.09. The summed E-state index contributed by atoms with van der Waals surface area (Å²) in [7, 11) is 0.590. The van der Waals surface area contributed by atoms with Gasteiger partial charge in [0.2, 0.25) is 9.76 Å². The maximum absolute atomic E-state index is 5.43. The highest BCUT2D eigenvalue weighted by molar-refractivity contribution is 6.27. The maximum Gasteiger partial charge on any atom is 0.230 e. The van der Waals surface area contributed by atoms with E-state index in [0.717, 1.165) is 6.04 Å². The molecule has 0 saturated carbocycles. The van der Waals surface area contributed by atoms with Gasteiger partial charge in [-0.3, -0.25) is 0 Å². The van der Waals surface area contributed by atoms with Crippen molar-refractivity contribution < 1.29 is 4.43 Å². The van der Waals surface area contributed by atoms with E-state index >= 15 is 0 Å². The standard InChI is InChI=1S/C9H16OSi/c1-4-7-8-11-10-9(5-2)6-3/h5-6,9H,2-4,7-8H2,1H3. The first-order chi connectivity index (χ1) is 5.35. The summed E-state index contributed by atoms with van der Waals surface area (Å²) in [5, 5.41) is 0. The Kier molecular flexibility index (Phi) is 7.52. The molecule has 0 fully saturated rings. The van der Waals surface area contributed by atoms with E-state index in [2.05, 4.69) is 20.1 Å². The Morgan fingerprint density at radius 1 is 1.45 bits per heavy atom. The van der Waals surface area contributed by atoms with Gasteiger partial charge < -0.3 is 4.43 Å². The number of hydrogen-bond donors (Lipinski definition) is 0. The summed E-state index contributed by atoms with van der Waals surface area (Å²) in [5.41, 5.74) is 0. The molecule has 11 heavy (non-hydrogen) atoms. The van der Waals surface area contributed by atoms with Gasteiger partial charge in [0, 0.05) is 0 Å². The third-order valence-electron chi connectivity index (χ3n) is 1.32. The van der Waals surface area contributed by atoms with Gasteiger partial charge in [0.25, 0.3) is 0 Å². The van der Waals surface area contributed by atoms with Crippen molar-refractivity contribution in [3.63, 3.8) is 0 Å². The Morgan fingerprint density at radius 3 is 2.55 bits per heavy atom. The summed E-state index contributed by atoms with van der Waals surface area (Å²) < 4.78 is 5.43. The van der Waals surface area contributed by atoms with Crippen LogP contribution < -0.4 is 0 Å². The van der Waals surface area contributed by atoms with Gasteiger partial charge in [-0.1, -0.05) is 31.9 Å². The van der Waals surface area contributed by atoms with Crippen molar-refractivity contribution in [3.8, 4) is 0 Å². The molecule has 2 radical (unpaired) electrons. The fourth-order valence-electron chi connectivity index (χ4n) is 0.597. The minimum absolute atomic E-state index is 0.0465. The van der Waals surface area contributed by atoms with Crippen LogP contribution in [-0.4, -0.2) is 15.9 Å². The first-order valence-electron chi connectivity index (χ1n) is 3.98. The molecule has 0 aromatic rings. The first kappa shape index (κ1) is 10.7. The van der Waals surface area contributed by atoms with Crippen LogP contribution in [0.25, 0.3) is 0 Å². The van der Waals surface area contributed by atoms with Crippen LogP contribution in [0.3, 0.4) is 0 Å². The molecule has 0 bridgehead atoms. The van der Waals surface area contributed by atoms with Crippen LogP contribution in [-0.2, 0) is 4.43 Å². The van der Waals surface area contributed by atoms with E-state index in [4.69, 9.17) is 4.43 Å². The van der Waals surface area contributed by atoms with Crippen LogP contribution in [0.4, 0.5) is 0 Å². The van der Waals surface area contributed by atoms with E-state index < -0.39 is 0 Å². The first-order valence-corrected chi connectivity index (χ1v) is 5.10. The monoisotopic (exact) mass is 168 g/mol. The largest absolute Gasteiger partial charge is 0.408 e. The zero-order valence-corrected chi connectivity index (χ0v) is 8.18. The topological polar surface area (TPSA) is 9.23 Å². The summed E-state index contributed by atoms with van der Waals surface area (Å²) in [6.45, 7) is 9.46. The number of hydrogen-bond acceptors (Lipinski definition) is 1. The van der Waals surface area contributed by atoms with Crippen molar-refractivity contribution in [1.29, 1.82) is 0 Å². The highest BCUT2D eigenvalue weighted by atomic mass is 28.2. The zero-order chi connectivity index (χ0) is 8.53. The fourth-order valence-corrected chi connectivity index (χ4v) is 1.60. The molecule has 0 amide bonds. The molecule has 0 rings (SSSR count). The second-order valence-electron chi connectivity index (χ2n) is 2.30. The van der Waals surface area contributed by atoms with Gasteiger partial charge in [-0.15, -0.1) is 13.2 Å². The Morgan fingerprint density at radius 2 is 2.09 bits per heavy atom. The second-order valence-corrected chi connectivity index (χ2v) is 3.33. The molecule has 0 heterocycles. The van der Waals surface area contributed by atoms with Gasteiger partial charge in [0.1, 0.15) is 0 Å². The Balaban J connectivity index is 3.21. The highest BCUT2D eigenvalue weighted by Gasteiger charge is 1.97. The van der Waals surface area contributed by atoms with Gasteiger partial charge in [0.15, 0.2) is 0 Å². The Labute approximate surface area is 72.1 Å². The molecule has 0 aliphatic rings. The lowest BCUT2D eigenvalue weighted by atomic mass is 10.4. The molecule has 0 aromatic carbocycles. The normalized spacial score (nSPS) is 10.0. The lowest BCUT2D eigenvalue weighted by molar-refractivity contribution is 0.313. The van der Waals surface area contributed by atoms with Crippen molar-refractivity contribution in [3.05, 3.63) is 25.3 Å². The van der Waals surface area contributed by atoms with E-state index in [0.29, 0.717) is 9.76 Å². The van der Waals surface area contributed by atoms with Crippen LogP contribution in [0.15, 0.2) is 25.3 Å². The summed E-state index contributed by atoms with van der Waals surface area (Å²) in [5.74, 6) is 0. The molecular weight excluding hydrogens is 152 g/mol. The van der Waals surface area contributed by atoms with E-state index in [9.17, 15) is 0 Å². The lowest BCUT2D eigenvalue weighted by Gasteiger charge is -2.06. The van der Waals surface area contributed by atoms with E-state index in [-0.39, 0.29) is 6.10 Å². The third-order valence-corrected chi connectivity index (χ3v) is 2.31. The van der Waals surface area contributed by atoms with Crippen molar-refractivity contribution >= 4 is 9.76 Å². The molecule has 0 saturated heterocycles. The summed E-state index contributed by atoms with van der Waals surface area (Å²) in [6.07, 6.45) is 6.07. The van der Waals surface area contributed by atoms with Crippen molar-refractivity contribution in [2.45, 2.75) is 31.9 Å². The van der Waals surface area contributed by atoms with Gasteiger partial charge >= 0.3 is 0 Å². The SMILES string of the molecule is C=CC(C=C)O[Si]CCCC. The molecule has 0 unspecified atom stereocenters.